The summed E-state index contributed by atoms with van der Waals surface area (Å²) in [7, 11) is 0. The van der Waals surface area contributed by atoms with Gasteiger partial charge in [0.25, 0.3) is 0 Å². The van der Waals surface area contributed by atoms with Crippen LogP contribution < -0.4 is 5.32 Å². The Morgan fingerprint density at radius 2 is 2.42 bits per heavy atom. The van der Waals surface area contributed by atoms with Crippen LogP contribution >= 0.6 is 0 Å². The van der Waals surface area contributed by atoms with Gasteiger partial charge < -0.3 is 10.1 Å². The predicted octanol–water partition coefficient (Wildman–Crippen LogP) is 0.789. The third-order valence-corrected chi connectivity index (χ3v) is 3.13. The molecule has 2 rings (SSSR count). The second-order valence-electron chi connectivity index (χ2n) is 4.60. The van der Waals surface area contributed by atoms with Crippen LogP contribution in [0.15, 0.2) is 6.07 Å². The number of hydrogen-bond donors (Lipinski definition) is 1. The zero-order chi connectivity index (χ0) is 13.7. The summed E-state index contributed by atoms with van der Waals surface area (Å²) in [6, 6.07) is 3.70. The van der Waals surface area contributed by atoms with Crippen LogP contribution in [-0.4, -0.2) is 53.8 Å². The van der Waals surface area contributed by atoms with E-state index < -0.39 is 0 Å². The zero-order valence-corrected chi connectivity index (χ0v) is 11.4. The molecule has 0 amide bonds. The van der Waals surface area contributed by atoms with Gasteiger partial charge in [0.15, 0.2) is 0 Å². The molecule has 102 valence electrons. The average Bonchev–Trinajstić information content (AvgIpc) is 2.44. The first kappa shape index (κ1) is 13.7. The Bertz CT molecular complexity index is 471. The third-order valence-electron chi connectivity index (χ3n) is 3.13. The van der Waals surface area contributed by atoms with Crippen LogP contribution in [0.2, 0.25) is 0 Å². The van der Waals surface area contributed by atoms with Crippen molar-refractivity contribution in [3.8, 4) is 6.07 Å². The molecule has 0 aliphatic carbocycles. The van der Waals surface area contributed by atoms with Crippen LogP contribution in [0.25, 0.3) is 0 Å². The molecule has 0 radical (unpaired) electrons. The highest BCUT2D eigenvalue weighted by atomic mass is 16.5. The fraction of sp³-hybridized carbons (Fsp3) is 0.615. The van der Waals surface area contributed by atoms with E-state index in [4.69, 9.17) is 10.00 Å². The molecule has 6 heteroatoms. The molecule has 0 spiro atoms. The molecule has 19 heavy (non-hydrogen) atoms. The number of likely N-dealkylation sites (N-methyl/N-ethyl adjacent to an activating group) is 1. The smallest absolute Gasteiger partial charge is 0.224 e. The first-order valence-corrected chi connectivity index (χ1v) is 6.55. The van der Waals surface area contributed by atoms with E-state index in [9.17, 15) is 0 Å². The van der Waals surface area contributed by atoms with E-state index in [0.717, 1.165) is 31.9 Å². The standard InChI is InChI=1S/C13H19N5O/c1-3-18-4-5-19-12(9-18)8-15-13-16-10(2)6-11(7-14)17-13/h6,12H,3-5,8-9H2,1-2H3,(H,15,16,17). The molecular weight excluding hydrogens is 242 g/mol. The van der Waals surface area contributed by atoms with Gasteiger partial charge >= 0.3 is 0 Å². The molecule has 1 aliphatic rings. The van der Waals surface area contributed by atoms with Crippen molar-refractivity contribution in [1.29, 1.82) is 5.26 Å². The summed E-state index contributed by atoms with van der Waals surface area (Å²) >= 11 is 0. The summed E-state index contributed by atoms with van der Waals surface area (Å²) in [5, 5.41) is 12.0. The minimum Gasteiger partial charge on any atom is -0.374 e. The summed E-state index contributed by atoms with van der Waals surface area (Å²) in [6.45, 7) is 8.37. The molecule has 0 bridgehead atoms. The van der Waals surface area contributed by atoms with E-state index in [1.54, 1.807) is 6.07 Å². The third kappa shape index (κ3) is 3.88. The number of aromatic nitrogens is 2. The van der Waals surface area contributed by atoms with E-state index in [-0.39, 0.29) is 6.10 Å². The van der Waals surface area contributed by atoms with Gasteiger partial charge in [0.2, 0.25) is 5.95 Å². The Hall–Kier alpha value is -1.71. The van der Waals surface area contributed by atoms with Gasteiger partial charge in [0, 0.05) is 25.3 Å². The molecule has 1 unspecified atom stereocenters. The van der Waals surface area contributed by atoms with Crippen molar-refractivity contribution >= 4 is 5.95 Å². The van der Waals surface area contributed by atoms with Gasteiger partial charge in [0.05, 0.1) is 12.7 Å². The van der Waals surface area contributed by atoms with Crippen LogP contribution in [-0.2, 0) is 4.74 Å². The summed E-state index contributed by atoms with van der Waals surface area (Å²) < 4.78 is 5.69. The molecule has 1 N–H and O–H groups in total. The Labute approximate surface area is 113 Å². The van der Waals surface area contributed by atoms with Gasteiger partial charge in [-0.3, -0.25) is 4.90 Å². The van der Waals surface area contributed by atoms with Crippen molar-refractivity contribution in [3.05, 3.63) is 17.5 Å². The van der Waals surface area contributed by atoms with Crippen molar-refractivity contribution in [3.63, 3.8) is 0 Å². The first-order chi connectivity index (χ1) is 9.21. The fourth-order valence-corrected chi connectivity index (χ4v) is 2.10. The molecule has 0 saturated carbocycles. The Kier molecular flexibility index (Phi) is 4.66. The predicted molar refractivity (Wildman–Crippen MR) is 71.8 cm³/mol. The van der Waals surface area contributed by atoms with Crippen LogP contribution in [0.3, 0.4) is 0 Å². The summed E-state index contributed by atoms with van der Waals surface area (Å²) in [6.07, 6.45) is 0.142. The molecule has 1 saturated heterocycles. The fourth-order valence-electron chi connectivity index (χ4n) is 2.10. The number of anilines is 1. The lowest BCUT2D eigenvalue weighted by Crippen LogP contribution is -2.45. The molecular formula is C13H19N5O. The van der Waals surface area contributed by atoms with E-state index in [2.05, 4.69) is 27.1 Å². The molecule has 0 aromatic carbocycles. The zero-order valence-electron chi connectivity index (χ0n) is 11.4. The summed E-state index contributed by atoms with van der Waals surface area (Å²) in [5.41, 5.74) is 1.17. The van der Waals surface area contributed by atoms with Crippen LogP contribution in [0, 0.1) is 18.3 Å². The Morgan fingerprint density at radius 1 is 1.58 bits per heavy atom. The highest BCUT2D eigenvalue weighted by Gasteiger charge is 2.19. The number of morpholine rings is 1. The maximum atomic E-state index is 8.87. The van der Waals surface area contributed by atoms with Gasteiger partial charge in [-0.1, -0.05) is 6.92 Å². The van der Waals surface area contributed by atoms with E-state index in [0.29, 0.717) is 18.2 Å². The number of rotatable bonds is 4. The van der Waals surface area contributed by atoms with Crippen LogP contribution in [0.5, 0.6) is 0 Å². The maximum absolute atomic E-state index is 8.87. The minimum absolute atomic E-state index is 0.142. The van der Waals surface area contributed by atoms with Crippen molar-refractivity contribution in [2.75, 3.05) is 38.1 Å². The monoisotopic (exact) mass is 261 g/mol. The largest absolute Gasteiger partial charge is 0.374 e. The number of hydrogen-bond acceptors (Lipinski definition) is 6. The Morgan fingerprint density at radius 3 is 3.16 bits per heavy atom. The quantitative estimate of drug-likeness (QED) is 0.863. The lowest BCUT2D eigenvalue weighted by molar-refractivity contribution is -0.0192. The van der Waals surface area contributed by atoms with Gasteiger partial charge in [-0.15, -0.1) is 0 Å². The lowest BCUT2D eigenvalue weighted by Gasteiger charge is -2.32. The molecule has 1 aliphatic heterocycles. The highest BCUT2D eigenvalue weighted by Crippen LogP contribution is 2.07. The number of aryl methyl sites for hydroxylation is 1. The normalized spacial score (nSPS) is 19.9. The van der Waals surface area contributed by atoms with Crippen molar-refractivity contribution < 1.29 is 4.74 Å². The van der Waals surface area contributed by atoms with E-state index in [1.165, 1.54) is 0 Å². The number of nitrogens with zero attached hydrogens (tertiary/aromatic N) is 4. The van der Waals surface area contributed by atoms with Gasteiger partial charge in [-0.05, 0) is 19.5 Å². The molecule has 1 fully saturated rings. The topological polar surface area (TPSA) is 74.1 Å². The lowest BCUT2D eigenvalue weighted by atomic mass is 10.2. The van der Waals surface area contributed by atoms with Gasteiger partial charge in [0.1, 0.15) is 11.8 Å². The van der Waals surface area contributed by atoms with E-state index in [1.807, 2.05) is 13.0 Å². The van der Waals surface area contributed by atoms with Gasteiger partial charge in [-0.2, -0.15) is 5.26 Å². The average molecular weight is 261 g/mol. The van der Waals surface area contributed by atoms with Crippen LogP contribution in [0.4, 0.5) is 5.95 Å². The number of ether oxygens (including phenoxy) is 1. The molecule has 6 nitrogen and oxygen atoms in total. The molecule has 2 heterocycles. The van der Waals surface area contributed by atoms with Crippen LogP contribution in [0.1, 0.15) is 18.3 Å². The Balaban J connectivity index is 1.91. The molecule has 1 aromatic rings. The summed E-state index contributed by atoms with van der Waals surface area (Å²) in [4.78, 5) is 10.7. The second-order valence-corrected chi connectivity index (χ2v) is 4.60. The summed E-state index contributed by atoms with van der Waals surface area (Å²) in [5.74, 6) is 0.494. The second kappa shape index (κ2) is 6.45. The SMILES string of the molecule is CCN1CCOC(CNc2nc(C)cc(C#N)n2)C1. The van der Waals surface area contributed by atoms with Crippen molar-refractivity contribution in [2.45, 2.75) is 20.0 Å². The minimum atomic E-state index is 0.142. The number of nitriles is 1. The maximum Gasteiger partial charge on any atom is 0.224 e. The van der Waals surface area contributed by atoms with Gasteiger partial charge in [-0.25, -0.2) is 9.97 Å². The molecule has 1 atom stereocenters. The molecule has 1 aromatic heterocycles. The van der Waals surface area contributed by atoms with Crippen molar-refractivity contribution in [2.24, 2.45) is 0 Å². The number of nitrogens with one attached hydrogen (secondary N) is 1. The van der Waals surface area contributed by atoms with Crippen molar-refractivity contribution in [1.82, 2.24) is 14.9 Å². The highest BCUT2D eigenvalue weighted by molar-refractivity contribution is 5.33. The van der Waals surface area contributed by atoms with E-state index >= 15 is 0 Å². The first-order valence-electron chi connectivity index (χ1n) is 6.55.